The average molecular weight is 343 g/mol. The second-order valence-electron chi connectivity index (χ2n) is 6.48. The van der Waals surface area contributed by atoms with Crippen LogP contribution in [-0.4, -0.2) is 11.7 Å². The maximum Gasteiger partial charge on any atom is 0.130 e. The molecule has 2 unspecified atom stereocenters. The van der Waals surface area contributed by atoms with Crippen molar-refractivity contribution in [3.05, 3.63) is 65.1 Å². The third-order valence-corrected chi connectivity index (χ3v) is 5.40. The van der Waals surface area contributed by atoms with Crippen LogP contribution < -0.4 is 10.2 Å². The van der Waals surface area contributed by atoms with Crippen LogP contribution in [0.25, 0.3) is 0 Å². The number of phenolic OH excluding ortho intramolecular Hbond substituents is 1. The summed E-state index contributed by atoms with van der Waals surface area (Å²) in [5.74, 6) is 0.0597. The topological polar surface area (TPSA) is 23.5 Å². The van der Waals surface area contributed by atoms with Gasteiger partial charge in [0.15, 0.2) is 0 Å². The van der Waals surface area contributed by atoms with Crippen LogP contribution in [0.2, 0.25) is 0 Å². The number of halogens is 1. The largest absolute Gasteiger partial charge is 0.508 e. The molecule has 0 radical (unpaired) electrons. The monoisotopic (exact) mass is 343 g/mol. The normalized spacial score (nSPS) is 21.4. The molecule has 1 heterocycles. The molecule has 0 spiro atoms. The van der Waals surface area contributed by atoms with Crippen molar-refractivity contribution in [1.29, 1.82) is 0 Å². The summed E-state index contributed by atoms with van der Waals surface area (Å²) in [6, 6.07) is 10.9. The van der Waals surface area contributed by atoms with E-state index in [-0.39, 0.29) is 17.0 Å². The summed E-state index contributed by atoms with van der Waals surface area (Å²) in [6.07, 6.45) is 2.81. The Hall–Kier alpha value is -1.86. The van der Waals surface area contributed by atoms with E-state index in [1.165, 1.54) is 5.70 Å². The molecular weight excluding hydrogens is 320 g/mol. The highest BCUT2D eigenvalue weighted by atomic mass is 31.0. The Morgan fingerprint density at radius 3 is 2.62 bits per heavy atom. The summed E-state index contributed by atoms with van der Waals surface area (Å²) in [5.41, 5.74) is 4.06. The lowest BCUT2D eigenvalue weighted by Gasteiger charge is -2.30. The molecule has 0 saturated carbocycles. The lowest BCUT2D eigenvalue weighted by atomic mass is 9.76. The first kappa shape index (κ1) is 17.0. The van der Waals surface area contributed by atoms with E-state index in [0.29, 0.717) is 11.7 Å². The van der Waals surface area contributed by atoms with Crippen molar-refractivity contribution in [2.75, 3.05) is 11.4 Å². The maximum atomic E-state index is 14.0. The number of hydrogen-bond donors (Lipinski definition) is 1. The number of allylic oxidation sites excluding steroid dienone is 2. The van der Waals surface area contributed by atoms with E-state index >= 15 is 0 Å². The molecule has 4 heteroatoms. The highest BCUT2D eigenvalue weighted by Crippen LogP contribution is 2.50. The third-order valence-electron chi connectivity index (χ3n) is 4.93. The smallest absolute Gasteiger partial charge is 0.130 e. The van der Waals surface area contributed by atoms with E-state index in [9.17, 15) is 9.50 Å². The van der Waals surface area contributed by atoms with Gasteiger partial charge in [0.1, 0.15) is 11.6 Å². The lowest BCUT2D eigenvalue weighted by molar-refractivity contribution is 0.471. The Morgan fingerprint density at radius 1 is 1.25 bits per heavy atom. The highest BCUT2D eigenvalue weighted by Gasteiger charge is 2.43. The van der Waals surface area contributed by atoms with Crippen LogP contribution in [0.5, 0.6) is 5.75 Å². The summed E-state index contributed by atoms with van der Waals surface area (Å²) in [6.45, 7) is 7.18. The minimum absolute atomic E-state index is 0.204. The van der Waals surface area contributed by atoms with E-state index < -0.39 is 0 Å². The molecular formula is C20H23FNOP. The predicted octanol–water partition coefficient (Wildman–Crippen LogP) is 4.28. The lowest BCUT2D eigenvalue weighted by Crippen LogP contribution is -2.30. The molecule has 2 aromatic carbocycles. The van der Waals surface area contributed by atoms with Gasteiger partial charge in [0, 0.05) is 28.6 Å². The van der Waals surface area contributed by atoms with Crippen molar-refractivity contribution < 1.29 is 9.50 Å². The van der Waals surface area contributed by atoms with Gasteiger partial charge >= 0.3 is 0 Å². The summed E-state index contributed by atoms with van der Waals surface area (Å²) in [7, 11) is 2.41. The first-order chi connectivity index (χ1) is 11.4. The fourth-order valence-electron chi connectivity index (χ4n) is 3.86. The van der Waals surface area contributed by atoms with Crippen LogP contribution in [0.4, 0.5) is 10.1 Å². The Labute approximate surface area is 145 Å². The van der Waals surface area contributed by atoms with E-state index in [1.54, 1.807) is 18.2 Å². The molecule has 2 nitrogen and oxygen atoms in total. The second-order valence-corrected chi connectivity index (χ2v) is 7.11. The number of hydrogen-bond acceptors (Lipinski definition) is 2. The molecule has 126 valence electrons. The zero-order chi connectivity index (χ0) is 17.5. The van der Waals surface area contributed by atoms with Crippen LogP contribution in [0.1, 0.15) is 31.9 Å². The van der Waals surface area contributed by atoms with Gasteiger partial charge in [0.2, 0.25) is 0 Å². The number of anilines is 1. The van der Waals surface area contributed by atoms with Gasteiger partial charge in [-0.2, -0.15) is 0 Å². The molecule has 0 aliphatic carbocycles. The van der Waals surface area contributed by atoms with Crippen molar-refractivity contribution in [2.24, 2.45) is 0 Å². The van der Waals surface area contributed by atoms with Crippen molar-refractivity contribution >= 4 is 20.2 Å². The molecule has 3 rings (SSSR count). The first-order valence-electron chi connectivity index (χ1n) is 8.22. The zero-order valence-corrected chi connectivity index (χ0v) is 15.5. The molecule has 0 bridgehead atoms. The predicted molar refractivity (Wildman–Crippen MR) is 102 cm³/mol. The molecule has 2 atom stereocenters. The van der Waals surface area contributed by atoms with E-state index in [4.69, 9.17) is 0 Å². The van der Waals surface area contributed by atoms with Crippen LogP contribution in [0.3, 0.4) is 0 Å². The standard InChI is InChI=1S/C20H23FNOP/c1-4-19-20(3,12-13-6-9-18(24)16(21)10-13)15-11-14(23)7-8-17(15)22(19)5-2/h4,6-11,23H,5,12,24H2,1-3H3/b19-4-. The molecule has 1 N–H and O–H groups in total. The maximum absolute atomic E-state index is 14.0. The van der Waals surface area contributed by atoms with Gasteiger partial charge in [-0.15, -0.1) is 9.24 Å². The van der Waals surface area contributed by atoms with E-state index in [2.05, 4.69) is 34.1 Å². The van der Waals surface area contributed by atoms with Crippen LogP contribution in [0, 0.1) is 5.82 Å². The Balaban J connectivity index is 2.13. The fourth-order valence-corrected chi connectivity index (χ4v) is 4.04. The number of phenols is 1. The van der Waals surface area contributed by atoms with E-state index in [1.807, 2.05) is 25.1 Å². The van der Waals surface area contributed by atoms with Crippen LogP contribution in [0.15, 0.2) is 48.2 Å². The van der Waals surface area contributed by atoms with Gasteiger partial charge in [-0.25, -0.2) is 4.39 Å². The average Bonchev–Trinajstić information content (AvgIpc) is 2.78. The zero-order valence-electron chi connectivity index (χ0n) is 14.3. The Kier molecular flexibility index (Phi) is 4.40. The molecule has 2 aromatic rings. The number of nitrogens with zero attached hydrogens (tertiary/aromatic N) is 1. The van der Waals surface area contributed by atoms with Crippen molar-refractivity contribution in [1.82, 2.24) is 0 Å². The molecule has 0 amide bonds. The number of rotatable bonds is 3. The van der Waals surface area contributed by atoms with Gasteiger partial charge in [-0.3, -0.25) is 0 Å². The minimum Gasteiger partial charge on any atom is -0.508 e. The Bertz CT molecular complexity index is 817. The molecule has 1 aliphatic rings. The minimum atomic E-state index is -0.298. The fraction of sp³-hybridized carbons (Fsp3) is 0.300. The van der Waals surface area contributed by atoms with Crippen LogP contribution >= 0.6 is 9.24 Å². The van der Waals surface area contributed by atoms with Gasteiger partial charge in [0.05, 0.1) is 0 Å². The van der Waals surface area contributed by atoms with E-state index in [0.717, 1.165) is 23.4 Å². The van der Waals surface area contributed by atoms with Crippen molar-refractivity contribution in [2.45, 2.75) is 32.6 Å². The summed E-state index contributed by atoms with van der Waals surface area (Å²) < 4.78 is 14.0. The molecule has 0 fully saturated rings. The Morgan fingerprint density at radius 2 is 2.00 bits per heavy atom. The number of aromatic hydroxyl groups is 1. The number of likely N-dealkylation sites (N-methyl/N-ethyl adjacent to an activating group) is 1. The first-order valence-corrected chi connectivity index (χ1v) is 8.80. The molecule has 24 heavy (non-hydrogen) atoms. The van der Waals surface area contributed by atoms with Gasteiger partial charge < -0.3 is 10.0 Å². The molecule has 0 saturated heterocycles. The molecule has 1 aliphatic heterocycles. The second kappa shape index (κ2) is 6.22. The highest BCUT2D eigenvalue weighted by molar-refractivity contribution is 7.27. The van der Waals surface area contributed by atoms with Gasteiger partial charge in [0.25, 0.3) is 0 Å². The van der Waals surface area contributed by atoms with Gasteiger partial charge in [-0.1, -0.05) is 18.2 Å². The van der Waals surface area contributed by atoms with Crippen molar-refractivity contribution in [3.8, 4) is 5.75 Å². The number of fused-ring (bicyclic) bond motifs is 1. The quantitative estimate of drug-likeness (QED) is 0.841. The van der Waals surface area contributed by atoms with Crippen LogP contribution in [-0.2, 0) is 11.8 Å². The SMILES string of the molecule is C/C=C1\N(CC)c2ccc(O)cc2C1(C)Cc1ccc(P)c(F)c1. The summed E-state index contributed by atoms with van der Waals surface area (Å²) in [5, 5.41) is 10.6. The third kappa shape index (κ3) is 2.61. The summed E-state index contributed by atoms with van der Waals surface area (Å²) in [4.78, 5) is 2.27. The van der Waals surface area contributed by atoms with Crippen molar-refractivity contribution in [3.63, 3.8) is 0 Å². The number of benzene rings is 2. The van der Waals surface area contributed by atoms with Gasteiger partial charge in [-0.05, 0) is 62.6 Å². The summed E-state index contributed by atoms with van der Waals surface area (Å²) >= 11 is 0. The molecule has 0 aromatic heterocycles.